The topological polar surface area (TPSA) is 16.4 Å². The van der Waals surface area contributed by atoms with Crippen molar-refractivity contribution in [2.24, 2.45) is 0 Å². The van der Waals surface area contributed by atoms with Crippen LogP contribution in [0.5, 0.6) is 0 Å². The summed E-state index contributed by atoms with van der Waals surface area (Å²) in [4.78, 5) is 2.39. The quantitative estimate of drug-likeness (QED) is 0.199. The van der Waals surface area contributed by atoms with Crippen molar-refractivity contribution >= 4 is 60.5 Å². The first-order chi connectivity index (χ1) is 22.8. The molecule has 9 rings (SSSR count). The van der Waals surface area contributed by atoms with E-state index in [2.05, 4.69) is 169 Å². The van der Waals surface area contributed by atoms with Gasteiger partial charge in [0.05, 0.1) is 5.69 Å². The maximum absolute atomic E-state index is 6.21. The lowest BCUT2D eigenvalue weighted by molar-refractivity contribution is 0.669. The zero-order valence-electron chi connectivity index (χ0n) is 25.1. The van der Waals surface area contributed by atoms with E-state index in [0.29, 0.717) is 0 Å². The van der Waals surface area contributed by atoms with E-state index < -0.39 is 0 Å². The van der Waals surface area contributed by atoms with Gasteiger partial charge in [0, 0.05) is 27.7 Å². The molecule has 0 saturated heterocycles. The summed E-state index contributed by atoms with van der Waals surface area (Å²) in [6, 6.07) is 62.8. The standard InChI is InChI=1S/C44H29NO/c1-2-10-30(11-3-1)32-20-23-36(24-21-32)45(41-16-8-6-14-38(41)34-19-18-31-12-4-5-13-33(31)28-34)37-25-26-39-35(29-37)22-27-43-44(39)40-15-7-9-17-42(40)46-43/h1-29H. The minimum absolute atomic E-state index is 0.913. The lowest BCUT2D eigenvalue weighted by atomic mass is 9.98. The second kappa shape index (κ2) is 10.8. The van der Waals surface area contributed by atoms with Gasteiger partial charge < -0.3 is 9.32 Å². The van der Waals surface area contributed by atoms with Crippen molar-refractivity contribution in [1.29, 1.82) is 0 Å². The molecule has 0 fully saturated rings. The first-order valence-electron chi connectivity index (χ1n) is 15.7. The number of anilines is 3. The molecule has 46 heavy (non-hydrogen) atoms. The highest BCUT2D eigenvalue weighted by Gasteiger charge is 2.19. The summed E-state index contributed by atoms with van der Waals surface area (Å²) in [5.74, 6) is 0. The average Bonchev–Trinajstić information content (AvgIpc) is 3.52. The van der Waals surface area contributed by atoms with Crippen LogP contribution in [0.2, 0.25) is 0 Å². The van der Waals surface area contributed by atoms with E-state index in [-0.39, 0.29) is 0 Å². The molecule has 9 aromatic rings. The van der Waals surface area contributed by atoms with Crippen molar-refractivity contribution in [1.82, 2.24) is 0 Å². The molecule has 8 aromatic carbocycles. The van der Waals surface area contributed by atoms with Gasteiger partial charge in [-0.2, -0.15) is 0 Å². The highest BCUT2D eigenvalue weighted by molar-refractivity contribution is 6.19. The molecular weight excluding hydrogens is 558 g/mol. The monoisotopic (exact) mass is 587 g/mol. The third-order valence-electron chi connectivity index (χ3n) is 9.04. The molecule has 2 nitrogen and oxygen atoms in total. The first-order valence-corrected chi connectivity index (χ1v) is 15.7. The minimum atomic E-state index is 0.913. The summed E-state index contributed by atoms with van der Waals surface area (Å²) in [5, 5.41) is 7.14. The zero-order chi connectivity index (χ0) is 30.5. The largest absolute Gasteiger partial charge is 0.456 e. The molecule has 0 bridgehead atoms. The number of furan rings is 1. The highest BCUT2D eigenvalue weighted by Crippen LogP contribution is 2.43. The lowest BCUT2D eigenvalue weighted by Gasteiger charge is -2.28. The van der Waals surface area contributed by atoms with Gasteiger partial charge in [-0.25, -0.2) is 0 Å². The van der Waals surface area contributed by atoms with Gasteiger partial charge in [0.15, 0.2) is 0 Å². The summed E-state index contributed by atoms with van der Waals surface area (Å²) in [6.45, 7) is 0. The van der Waals surface area contributed by atoms with Crippen molar-refractivity contribution in [2.75, 3.05) is 4.90 Å². The molecule has 1 heterocycles. The van der Waals surface area contributed by atoms with Gasteiger partial charge in [0.25, 0.3) is 0 Å². The second-order valence-corrected chi connectivity index (χ2v) is 11.8. The van der Waals surface area contributed by atoms with Crippen LogP contribution in [0, 0.1) is 0 Å². The van der Waals surface area contributed by atoms with Gasteiger partial charge >= 0.3 is 0 Å². The fourth-order valence-corrected chi connectivity index (χ4v) is 6.81. The fourth-order valence-electron chi connectivity index (χ4n) is 6.81. The first kappa shape index (κ1) is 26.3. The van der Waals surface area contributed by atoms with Crippen LogP contribution in [-0.2, 0) is 0 Å². The Hall–Kier alpha value is -6.12. The maximum Gasteiger partial charge on any atom is 0.136 e. The SMILES string of the molecule is c1ccc(-c2ccc(N(c3ccc4c(ccc5oc6ccccc6c54)c3)c3ccccc3-c3ccc4ccccc4c3)cc2)cc1. The number of hydrogen-bond acceptors (Lipinski definition) is 2. The number of para-hydroxylation sites is 2. The predicted octanol–water partition coefficient (Wildman–Crippen LogP) is 12.7. The van der Waals surface area contributed by atoms with Gasteiger partial charge in [-0.1, -0.05) is 127 Å². The maximum atomic E-state index is 6.21. The van der Waals surface area contributed by atoms with E-state index in [9.17, 15) is 0 Å². The summed E-state index contributed by atoms with van der Waals surface area (Å²) in [6.07, 6.45) is 0. The molecule has 2 heteroatoms. The van der Waals surface area contributed by atoms with Crippen molar-refractivity contribution in [3.05, 3.63) is 176 Å². The van der Waals surface area contributed by atoms with Crippen LogP contribution in [0.3, 0.4) is 0 Å². The number of fused-ring (bicyclic) bond motifs is 6. The Labute approximate surface area is 267 Å². The van der Waals surface area contributed by atoms with Crippen LogP contribution in [0.25, 0.3) is 65.7 Å². The Morgan fingerprint density at radius 3 is 1.93 bits per heavy atom. The third-order valence-corrected chi connectivity index (χ3v) is 9.04. The van der Waals surface area contributed by atoms with Crippen molar-refractivity contribution in [3.63, 3.8) is 0 Å². The normalized spacial score (nSPS) is 11.5. The summed E-state index contributed by atoms with van der Waals surface area (Å²) in [7, 11) is 0. The lowest BCUT2D eigenvalue weighted by Crippen LogP contribution is -2.11. The van der Waals surface area contributed by atoms with Crippen LogP contribution >= 0.6 is 0 Å². The van der Waals surface area contributed by atoms with E-state index in [4.69, 9.17) is 4.42 Å². The summed E-state index contributed by atoms with van der Waals surface area (Å²) < 4.78 is 6.21. The van der Waals surface area contributed by atoms with Crippen LogP contribution in [-0.4, -0.2) is 0 Å². The Bertz CT molecular complexity index is 2530. The van der Waals surface area contributed by atoms with Crippen molar-refractivity contribution in [3.8, 4) is 22.3 Å². The van der Waals surface area contributed by atoms with Crippen LogP contribution in [0.1, 0.15) is 0 Å². The van der Waals surface area contributed by atoms with Gasteiger partial charge in [0.2, 0.25) is 0 Å². The molecule has 0 N–H and O–H groups in total. The van der Waals surface area contributed by atoms with E-state index in [1.54, 1.807) is 0 Å². The number of nitrogens with zero attached hydrogens (tertiary/aromatic N) is 1. The molecular formula is C44H29NO. The number of rotatable bonds is 5. The molecule has 0 saturated carbocycles. The number of benzene rings is 8. The molecule has 1 aromatic heterocycles. The van der Waals surface area contributed by atoms with Crippen LogP contribution in [0.15, 0.2) is 180 Å². The minimum Gasteiger partial charge on any atom is -0.456 e. The van der Waals surface area contributed by atoms with Crippen molar-refractivity contribution in [2.45, 2.75) is 0 Å². The van der Waals surface area contributed by atoms with Crippen LogP contribution in [0.4, 0.5) is 17.1 Å². The van der Waals surface area contributed by atoms with Crippen molar-refractivity contribution < 1.29 is 4.42 Å². The highest BCUT2D eigenvalue weighted by atomic mass is 16.3. The molecule has 0 unspecified atom stereocenters. The predicted molar refractivity (Wildman–Crippen MR) is 194 cm³/mol. The second-order valence-electron chi connectivity index (χ2n) is 11.8. The zero-order valence-corrected chi connectivity index (χ0v) is 25.1. The average molecular weight is 588 g/mol. The number of hydrogen-bond donors (Lipinski definition) is 0. The molecule has 0 amide bonds. The van der Waals surface area contributed by atoms with E-state index >= 15 is 0 Å². The van der Waals surface area contributed by atoms with Gasteiger partial charge in [-0.05, 0) is 86.8 Å². The van der Waals surface area contributed by atoms with E-state index in [0.717, 1.165) is 39.0 Å². The van der Waals surface area contributed by atoms with Gasteiger partial charge in [0.1, 0.15) is 11.2 Å². The Kier molecular flexibility index (Phi) is 6.17. The molecule has 0 spiro atoms. The van der Waals surface area contributed by atoms with Gasteiger partial charge in [-0.15, -0.1) is 0 Å². The molecule has 0 aliphatic carbocycles. The van der Waals surface area contributed by atoms with E-state index in [1.165, 1.54) is 43.8 Å². The molecule has 216 valence electrons. The molecule has 0 aliphatic heterocycles. The molecule has 0 radical (unpaired) electrons. The molecule has 0 atom stereocenters. The Morgan fingerprint density at radius 1 is 0.370 bits per heavy atom. The third kappa shape index (κ3) is 4.43. The molecule has 0 aliphatic rings. The smallest absolute Gasteiger partial charge is 0.136 e. The Balaban J connectivity index is 1.24. The van der Waals surface area contributed by atoms with E-state index in [1.807, 2.05) is 12.1 Å². The summed E-state index contributed by atoms with van der Waals surface area (Å²) >= 11 is 0. The Morgan fingerprint density at radius 2 is 1.04 bits per heavy atom. The van der Waals surface area contributed by atoms with Crippen LogP contribution < -0.4 is 4.90 Å². The fraction of sp³-hybridized carbons (Fsp3) is 0. The van der Waals surface area contributed by atoms with Gasteiger partial charge in [-0.3, -0.25) is 0 Å². The summed E-state index contributed by atoms with van der Waals surface area (Å²) in [5.41, 5.74) is 9.92.